The summed E-state index contributed by atoms with van der Waals surface area (Å²) >= 11 is 0. The Kier molecular flexibility index (Phi) is 6.07. The Morgan fingerprint density at radius 3 is 2.50 bits per heavy atom. The van der Waals surface area contributed by atoms with E-state index in [4.69, 9.17) is 5.11 Å². The molecule has 0 aliphatic carbocycles. The fourth-order valence-electron chi connectivity index (χ4n) is 2.56. The quantitative estimate of drug-likeness (QED) is 0.819. The number of hydrogen-bond donors (Lipinski definition) is 2. The van der Waals surface area contributed by atoms with E-state index in [0.717, 1.165) is 5.56 Å². The fourth-order valence-corrected chi connectivity index (χ4v) is 2.56. The lowest BCUT2D eigenvalue weighted by Crippen LogP contribution is -2.37. The highest BCUT2D eigenvalue weighted by Crippen LogP contribution is 2.12. The van der Waals surface area contributed by atoms with Gasteiger partial charge >= 0.3 is 5.97 Å². The van der Waals surface area contributed by atoms with Gasteiger partial charge in [0.2, 0.25) is 0 Å². The van der Waals surface area contributed by atoms with E-state index in [2.05, 4.69) is 5.32 Å². The molecule has 2 aromatic rings. The van der Waals surface area contributed by atoms with Gasteiger partial charge in [-0.15, -0.1) is 0 Å². The summed E-state index contributed by atoms with van der Waals surface area (Å²) in [7, 11) is 0. The number of aryl methyl sites for hydroxylation is 1. The summed E-state index contributed by atoms with van der Waals surface area (Å²) in [5.74, 6) is -1.78. The third-order valence-electron chi connectivity index (χ3n) is 3.67. The third-order valence-corrected chi connectivity index (χ3v) is 3.67. The Labute approximate surface area is 140 Å². The number of aliphatic carboxylic acids is 1. The maximum Gasteiger partial charge on any atom is 0.303 e. The first-order valence-electron chi connectivity index (χ1n) is 7.78. The van der Waals surface area contributed by atoms with Gasteiger partial charge in [0, 0.05) is 18.0 Å². The topological polar surface area (TPSA) is 66.4 Å². The molecule has 2 rings (SSSR count). The zero-order valence-corrected chi connectivity index (χ0v) is 13.5. The Hall–Kier alpha value is -2.69. The molecule has 0 fully saturated rings. The van der Waals surface area contributed by atoms with Gasteiger partial charge in [-0.05, 0) is 49.1 Å². The standard InChI is InChI=1S/C19H20FNO3/c1-13-9-15(12-16(20)10-13)19(24)21-17(7-8-18(22)23)11-14-5-3-2-4-6-14/h2-6,9-10,12,17H,7-8,11H2,1H3,(H,21,24)(H,22,23). The number of carbonyl (C=O) groups excluding carboxylic acids is 1. The van der Waals surface area contributed by atoms with Crippen LogP contribution in [0.2, 0.25) is 0 Å². The Morgan fingerprint density at radius 1 is 1.17 bits per heavy atom. The smallest absolute Gasteiger partial charge is 0.303 e. The maximum atomic E-state index is 13.5. The van der Waals surface area contributed by atoms with Crippen LogP contribution in [0.4, 0.5) is 4.39 Å². The van der Waals surface area contributed by atoms with Gasteiger partial charge in [-0.25, -0.2) is 4.39 Å². The monoisotopic (exact) mass is 329 g/mol. The number of amides is 1. The maximum absolute atomic E-state index is 13.5. The number of carboxylic acids is 1. The summed E-state index contributed by atoms with van der Waals surface area (Å²) < 4.78 is 13.5. The van der Waals surface area contributed by atoms with Crippen LogP contribution in [0.3, 0.4) is 0 Å². The van der Waals surface area contributed by atoms with Crippen LogP contribution in [0.25, 0.3) is 0 Å². The molecule has 5 heteroatoms. The van der Waals surface area contributed by atoms with Crippen molar-refractivity contribution < 1.29 is 19.1 Å². The molecular weight excluding hydrogens is 309 g/mol. The number of carboxylic acid groups (broad SMARTS) is 1. The molecule has 0 aliphatic rings. The van der Waals surface area contributed by atoms with E-state index in [9.17, 15) is 14.0 Å². The van der Waals surface area contributed by atoms with Gasteiger partial charge in [0.25, 0.3) is 5.91 Å². The summed E-state index contributed by atoms with van der Waals surface area (Å²) in [5.41, 5.74) is 1.90. The molecule has 2 aromatic carbocycles. The van der Waals surface area contributed by atoms with Crippen LogP contribution in [0.1, 0.15) is 34.3 Å². The third kappa shape index (κ3) is 5.50. The van der Waals surface area contributed by atoms with E-state index in [1.54, 1.807) is 13.0 Å². The van der Waals surface area contributed by atoms with Crippen molar-refractivity contribution in [3.8, 4) is 0 Å². The number of benzene rings is 2. The fraction of sp³-hybridized carbons (Fsp3) is 0.263. The molecule has 0 saturated carbocycles. The van der Waals surface area contributed by atoms with Gasteiger partial charge in [-0.1, -0.05) is 30.3 Å². The minimum Gasteiger partial charge on any atom is -0.481 e. The van der Waals surface area contributed by atoms with Crippen LogP contribution >= 0.6 is 0 Å². The first-order chi connectivity index (χ1) is 11.4. The summed E-state index contributed by atoms with van der Waals surface area (Å²) in [5, 5.41) is 11.7. The van der Waals surface area contributed by atoms with Crippen LogP contribution in [0, 0.1) is 12.7 Å². The van der Waals surface area contributed by atoms with Gasteiger partial charge in [-0.3, -0.25) is 9.59 Å². The van der Waals surface area contributed by atoms with Gasteiger partial charge < -0.3 is 10.4 Å². The molecule has 1 unspecified atom stereocenters. The second kappa shape index (κ2) is 8.24. The minimum atomic E-state index is -0.913. The van der Waals surface area contributed by atoms with E-state index >= 15 is 0 Å². The number of halogens is 1. The van der Waals surface area contributed by atoms with E-state index < -0.39 is 17.7 Å². The lowest BCUT2D eigenvalue weighted by Gasteiger charge is -2.18. The zero-order valence-electron chi connectivity index (χ0n) is 13.5. The molecule has 2 N–H and O–H groups in total. The highest BCUT2D eigenvalue weighted by atomic mass is 19.1. The van der Waals surface area contributed by atoms with Gasteiger partial charge in [-0.2, -0.15) is 0 Å². The van der Waals surface area contributed by atoms with Gasteiger partial charge in [0.1, 0.15) is 5.82 Å². The van der Waals surface area contributed by atoms with E-state index in [1.165, 1.54) is 12.1 Å². The molecule has 1 atom stereocenters. The molecule has 0 saturated heterocycles. The summed E-state index contributed by atoms with van der Waals surface area (Å²) in [6.45, 7) is 1.71. The summed E-state index contributed by atoms with van der Waals surface area (Å²) in [6, 6.07) is 13.3. The molecule has 126 valence electrons. The summed E-state index contributed by atoms with van der Waals surface area (Å²) in [6.07, 6.45) is 0.790. The largest absolute Gasteiger partial charge is 0.481 e. The van der Waals surface area contributed by atoms with Crippen LogP contribution < -0.4 is 5.32 Å². The van der Waals surface area contributed by atoms with Crippen molar-refractivity contribution in [3.63, 3.8) is 0 Å². The molecule has 4 nitrogen and oxygen atoms in total. The van der Waals surface area contributed by atoms with Crippen LogP contribution in [0.5, 0.6) is 0 Å². The van der Waals surface area contributed by atoms with E-state index in [0.29, 0.717) is 18.4 Å². The zero-order chi connectivity index (χ0) is 17.5. The van der Waals surface area contributed by atoms with Crippen molar-refractivity contribution in [2.24, 2.45) is 0 Å². The predicted octanol–water partition coefficient (Wildman–Crippen LogP) is 3.34. The molecule has 24 heavy (non-hydrogen) atoms. The van der Waals surface area contributed by atoms with Crippen molar-refractivity contribution >= 4 is 11.9 Å². The van der Waals surface area contributed by atoms with E-state index in [1.807, 2.05) is 30.3 Å². The van der Waals surface area contributed by atoms with Crippen LogP contribution in [0.15, 0.2) is 48.5 Å². The molecule has 0 aromatic heterocycles. The van der Waals surface area contributed by atoms with Gasteiger partial charge in [0.15, 0.2) is 0 Å². The SMILES string of the molecule is Cc1cc(F)cc(C(=O)NC(CCC(=O)O)Cc2ccccc2)c1. The van der Waals surface area contributed by atoms with Gasteiger partial charge in [0.05, 0.1) is 0 Å². The highest BCUT2D eigenvalue weighted by Gasteiger charge is 2.16. The van der Waals surface area contributed by atoms with Crippen molar-refractivity contribution in [3.05, 3.63) is 71.0 Å². The molecule has 0 heterocycles. The summed E-state index contributed by atoms with van der Waals surface area (Å²) in [4.78, 5) is 23.2. The molecule has 0 aliphatic heterocycles. The number of rotatable bonds is 7. The van der Waals surface area contributed by atoms with Crippen molar-refractivity contribution in [2.75, 3.05) is 0 Å². The molecular formula is C19H20FNO3. The average molecular weight is 329 g/mol. The van der Waals surface area contributed by atoms with Crippen molar-refractivity contribution in [2.45, 2.75) is 32.2 Å². The second-order valence-corrected chi connectivity index (χ2v) is 5.81. The number of hydrogen-bond acceptors (Lipinski definition) is 2. The van der Waals surface area contributed by atoms with Crippen LogP contribution in [-0.4, -0.2) is 23.0 Å². The number of nitrogens with one attached hydrogen (secondary N) is 1. The average Bonchev–Trinajstić information content (AvgIpc) is 2.52. The first kappa shape index (κ1) is 17.7. The lowest BCUT2D eigenvalue weighted by atomic mass is 10.0. The highest BCUT2D eigenvalue weighted by molar-refractivity contribution is 5.94. The van der Waals surface area contributed by atoms with E-state index in [-0.39, 0.29) is 18.0 Å². The van der Waals surface area contributed by atoms with Crippen molar-refractivity contribution in [1.29, 1.82) is 0 Å². The second-order valence-electron chi connectivity index (χ2n) is 5.81. The minimum absolute atomic E-state index is 0.0417. The predicted molar refractivity (Wildman–Crippen MR) is 89.4 cm³/mol. The van der Waals surface area contributed by atoms with Crippen LogP contribution in [-0.2, 0) is 11.2 Å². The Bertz CT molecular complexity index is 696. The molecule has 0 radical (unpaired) electrons. The Balaban J connectivity index is 2.11. The molecule has 0 spiro atoms. The normalized spacial score (nSPS) is 11.8. The first-order valence-corrected chi connectivity index (χ1v) is 7.78. The Morgan fingerprint density at radius 2 is 1.88 bits per heavy atom. The number of carbonyl (C=O) groups is 2. The lowest BCUT2D eigenvalue weighted by molar-refractivity contribution is -0.137. The van der Waals surface area contributed by atoms with Crippen molar-refractivity contribution in [1.82, 2.24) is 5.32 Å². The molecule has 1 amide bonds. The molecule has 0 bridgehead atoms.